The first kappa shape index (κ1) is 13.9. The van der Waals surface area contributed by atoms with Gasteiger partial charge in [-0.1, -0.05) is 11.4 Å². The molecule has 110 valence electrons. The number of likely N-dealkylation sites (tertiary alicyclic amines) is 1. The molecular weight excluding hydrogens is 276 g/mol. The van der Waals surface area contributed by atoms with E-state index in [1.165, 1.54) is 11.5 Å². The van der Waals surface area contributed by atoms with Crippen molar-refractivity contribution < 1.29 is 9.53 Å². The van der Waals surface area contributed by atoms with Gasteiger partial charge >= 0.3 is 0 Å². The molecule has 2 fully saturated rings. The van der Waals surface area contributed by atoms with E-state index >= 15 is 0 Å². The minimum absolute atomic E-state index is 0.0163. The Kier molecular flexibility index (Phi) is 4.28. The van der Waals surface area contributed by atoms with E-state index in [1.54, 1.807) is 5.38 Å². The van der Waals surface area contributed by atoms with Gasteiger partial charge in [-0.3, -0.25) is 4.79 Å². The molecule has 0 radical (unpaired) electrons. The lowest BCUT2D eigenvalue weighted by atomic mass is 9.93. The molecule has 0 N–H and O–H groups in total. The summed E-state index contributed by atoms with van der Waals surface area (Å²) in [5, 5.41) is 5.58. The molecule has 0 spiro atoms. The zero-order valence-electron chi connectivity index (χ0n) is 11.7. The third kappa shape index (κ3) is 2.84. The van der Waals surface area contributed by atoms with Crippen LogP contribution in [0.25, 0.3) is 0 Å². The monoisotopic (exact) mass is 296 g/mol. The summed E-state index contributed by atoms with van der Waals surface area (Å²) in [6.45, 7) is 7.56. The minimum Gasteiger partial charge on any atom is -0.375 e. The number of carbonyl (C=O) groups is 1. The third-order valence-electron chi connectivity index (χ3n) is 4.24. The highest BCUT2D eigenvalue weighted by atomic mass is 32.1. The van der Waals surface area contributed by atoms with E-state index in [0.717, 1.165) is 39.2 Å². The Morgan fingerprint density at radius 3 is 3.15 bits per heavy atom. The quantitative estimate of drug-likeness (QED) is 0.805. The van der Waals surface area contributed by atoms with E-state index in [-0.39, 0.29) is 12.0 Å². The van der Waals surface area contributed by atoms with Crippen molar-refractivity contribution in [2.75, 3.05) is 39.3 Å². The van der Waals surface area contributed by atoms with Gasteiger partial charge in [0.05, 0.1) is 12.7 Å². The summed E-state index contributed by atoms with van der Waals surface area (Å²) in [5.41, 5.74) is 0.456. The predicted molar refractivity (Wildman–Crippen MR) is 75.8 cm³/mol. The molecule has 6 nitrogen and oxygen atoms in total. The SMILES string of the molecule is CCN1CCOC2CN(C(=O)c3csnn3)CCC2C1. The van der Waals surface area contributed by atoms with Crippen LogP contribution in [0.5, 0.6) is 0 Å². The van der Waals surface area contributed by atoms with E-state index < -0.39 is 0 Å². The van der Waals surface area contributed by atoms with Gasteiger partial charge in [0.2, 0.25) is 0 Å². The average Bonchev–Trinajstić information content (AvgIpc) is 2.92. The fourth-order valence-corrected chi connectivity index (χ4v) is 3.44. The van der Waals surface area contributed by atoms with Crippen LogP contribution >= 0.6 is 11.5 Å². The molecule has 1 aromatic heterocycles. The lowest BCUT2D eigenvalue weighted by molar-refractivity contribution is -0.0172. The van der Waals surface area contributed by atoms with Gasteiger partial charge in [0.25, 0.3) is 5.91 Å². The van der Waals surface area contributed by atoms with E-state index in [2.05, 4.69) is 21.4 Å². The maximum absolute atomic E-state index is 12.3. The standard InChI is InChI=1S/C13H20N4O2S/c1-2-16-5-6-19-12-8-17(4-3-10(12)7-16)13(18)11-9-20-15-14-11/h9-10,12H,2-8H2,1H3. The van der Waals surface area contributed by atoms with Crippen molar-refractivity contribution in [3.05, 3.63) is 11.1 Å². The second-order valence-corrected chi connectivity index (χ2v) is 6.00. The number of rotatable bonds is 2. The minimum atomic E-state index is -0.0163. The van der Waals surface area contributed by atoms with Crippen molar-refractivity contribution in [2.24, 2.45) is 5.92 Å². The molecule has 20 heavy (non-hydrogen) atoms. The Bertz CT molecular complexity index is 453. The van der Waals surface area contributed by atoms with Crippen LogP contribution in [0.4, 0.5) is 0 Å². The van der Waals surface area contributed by atoms with Crippen LogP contribution in [-0.4, -0.2) is 70.7 Å². The number of fused-ring (bicyclic) bond motifs is 1. The summed E-state index contributed by atoms with van der Waals surface area (Å²) in [6.07, 6.45) is 1.17. The highest BCUT2D eigenvalue weighted by Crippen LogP contribution is 2.24. The summed E-state index contributed by atoms with van der Waals surface area (Å²) in [7, 11) is 0. The number of hydrogen-bond acceptors (Lipinski definition) is 6. The molecule has 2 aliphatic heterocycles. The van der Waals surface area contributed by atoms with Crippen LogP contribution in [0.2, 0.25) is 0 Å². The van der Waals surface area contributed by atoms with Gasteiger partial charge in [0.15, 0.2) is 5.69 Å². The van der Waals surface area contributed by atoms with Gasteiger partial charge in [0, 0.05) is 37.5 Å². The molecule has 2 atom stereocenters. The Morgan fingerprint density at radius 2 is 2.40 bits per heavy atom. The number of hydrogen-bond donors (Lipinski definition) is 0. The lowest BCUT2D eigenvalue weighted by Crippen LogP contribution is -2.49. The number of amides is 1. The molecular formula is C13H20N4O2S. The first-order valence-electron chi connectivity index (χ1n) is 7.18. The summed E-state index contributed by atoms with van der Waals surface area (Å²) >= 11 is 1.21. The van der Waals surface area contributed by atoms with Crippen molar-refractivity contribution >= 4 is 17.4 Å². The number of likely N-dealkylation sites (N-methyl/N-ethyl adjacent to an activating group) is 1. The van der Waals surface area contributed by atoms with Gasteiger partial charge in [-0.05, 0) is 24.5 Å². The summed E-state index contributed by atoms with van der Waals surface area (Å²) in [5.74, 6) is 0.521. The van der Waals surface area contributed by atoms with Crippen LogP contribution < -0.4 is 0 Å². The van der Waals surface area contributed by atoms with E-state index in [4.69, 9.17) is 4.74 Å². The van der Waals surface area contributed by atoms with Crippen molar-refractivity contribution in [1.29, 1.82) is 0 Å². The highest BCUT2D eigenvalue weighted by Gasteiger charge is 2.35. The summed E-state index contributed by atoms with van der Waals surface area (Å²) in [4.78, 5) is 16.6. The first-order valence-corrected chi connectivity index (χ1v) is 8.02. The summed E-state index contributed by atoms with van der Waals surface area (Å²) in [6, 6.07) is 0. The van der Waals surface area contributed by atoms with Gasteiger partial charge in [0.1, 0.15) is 0 Å². The third-order valence-corrected chi connectivity index (χ3v) is 4.75. The fraction of sp³-hybridized carbons (Fsp3) is 0.769. The van der Waals surface area contributed by atoms with Crippen LogP contribution in [0.3, 0.4) is 0 Å². The Morgan fingerprint density at radius 1 is 1.50 bits per heavy atom. The predicted octanol–water partition coefficient (Wildman–Crippen LogP) is 0.721. The fourth-order valence-electron chi connectivity index (χ4n) is 3.01. The van der Waals surface area contributed by atoms with Crippen LogP contribution in [0.15, 0.2) is 5.38 Å². The number of ether oxygens (including phenoxy) is 1. The van der Waals surface area contributed by atoms with Crippen molar-refractivity contribution in [3.8, 4) is 0 Å². The molecule has 2 unspecified atom stereocenters. The van der Waals surface area contributed by atoms with Crippen molar-refractivity contribution in [3.63, 3.8) is 0 Å². The van der Waals surface area contributed by atoms with Gasteiger partial charge < -0.3 is 14.5 Å². The zero-order valence-corrected chi connectivity index (χ0v) is 12.5. The van der Waals surface area contributed by atoms with Crippen molar-refractivity contribution in [2.45, 2.75) is 19.4 Å². The Labute approximate surface area is 122 Å². The number of piperidine rings is 1. The maximum Gasteiger partial charge on any atom is 0.275 e. The second kappa shape index (κ2) is 6.15. The topological polar surface area (TPSA) is 58.6 Å². The Hall–Kier alpha value is -1.05. The normalized spacial score (nSPS) is 27.9. The molecule has 3 heterocycles. The second-order valence-electron chi connectivity index (χ2n) is 5.39. The number of nitrogens with zero attached hydrogens (tertiary/aromatic N) is 4. The summed E-state index contributed by atoms with van der Waals surface area (Å²) < 4.78 is 9.73. The molecule has 2 aliphatic rings. The molecule has 1 amide bonds. The van der Waals surface area contributed by atoms with Gasteiger partial charge in [-0.2, -0.15) is 0 Å². The van der Waals surface area contributed by atoms with E-state index in [1.807, 2.05) is 4.90 Å². The van der Waals surface area contributed by atoms with E-state index in [0.29, 0.717) is 18.2 Å². The van der Waals surface area contributed by atoms with Crippen LogP contribution in [-0.2, 0) is 4.74 Å². The first-order chi connectivity index (χ1) is 9.78. The largest absolute Gasteiger partial charge is 0.375 e. The zero-order chi connectivity index (χ0) is 13.9. The van der Waals surface area contributed by atoms with Gasteiger partial charge in [-0.15, -0.1) is 5.10 Å². The van der Waals surface area contributed by atoms with Crippen LogP contribution in [0, 0.1) is 5.92 Å². The maximum atomic E-state index is 12.3. The average molecular weight is 296 g/mol. The molecule has 0 aliphatic carbocycles. The number of carbonyl (C=O) groups excluding carboxylic acids is 1. The lowest BCUT2D eigenvalue weighted by Gasteiger charge is -2.37. The molecule has 7 heteroatoms. The smallest absolute Gasteiger partial charge is 0.275 e. The molecule has 0 aromatic carbocycles. The van der Waals surface area contributed by atoms with E-state index in [9.17, 15) is 4.79 Å². The highest BCUT2D eigenvalue weighted by molar-refractivity contribution is 7.03. The number of aromatic nitrogens is 2. The van der Waals surface area contributed by atoms with Crippen molar-refractivity contribution in [1.82, 2.24) is 19.4 Å². The molecule has 0 bridgehead atoms. The van der Waals surface area contributed by atoms with Gasteiger partial charge in [-0.25, -0.2) is 0 Å². The Balaban J connectivity index is 1.65. The van der Waals surface area contributed by atoms with Crippen LogP contribution in [0.1, 0.15) is 23.8 Å². The molecule has 3 rings (SSSR count). The molecule has 1 aromatic rings. The molecule has 2 saturated heterocycles. The molecule has 0 saturated carbocycles.